The molecule has 1 aliphatic heterocycles. The van der Waals surface area contributed by atoms with Gasteiger partial charge in [0, 0.05) is 18.6 Å². The van der Waals surface area contributed by atoms with Crippen molar-refractivity contribution in [3.63, 3.8) is 0 Å². The highest BCUT2D eigenvalue weighted by Gasteiger charge is 2.18. The molecule has 2 unspecified atom stereocenters. The first kappa shape index (κ1) is 15.4. The summed E-state index contributed by atoms with van der Waals surface area (Å²) in [7, 11) is 2.17. The molecule has 0 saturated carbocycles. The molecule has 0 aromatic rings. The van der Waals surface area contributed by atoms with Crippen LogP contribution in [0, 0.1) is 5.92 Å². The third-order valence-electron chi connectivity index (χ3n) is 3.98. The van der Waals surface area contributed by atoms with Crippen LogP contribution in [-0.2, 0) is 4.79 Å². The largest absolute Gasteiger partial charge is 0.352 e. The summed E-state index contributed by atoms with van der Waals surface area (Å²) in [6.07, 6.45) is 3.86. The lowest BCUT2D eigenvalue weighted by Crippen LogP contribution is -2.46. The van der Waals surface area contributed by atoms with Crippen LogP contribution < -0.4 is 10.6 Å². The number of nitrogens with zero attached hydrogens (tertiary/aromatic N) is 1. The molecule has 1 fully saturated rings. The van der Waals surface area contributed by atoms with Crippen molar-refractivity contribution in [1.29, 1.82) is 0 Å². The summed E-state index contributed by atoms with van der Waals surface area (Å²) in [5.74, 6) is 0.591. The van der Waals surface area contributed by atoms with E-state index in [-0.39, 0.29) is 11.9 Å². The number of hydrogen-bond acceptors (Lipinski definition) is 3. The van der Waals surface area contributed by atoms with Gasteiger partial charge in [-0.1, -0.05) is 20.3 Å². The Bertz CT molecular complexity index is 255. The van der Waals surface area contributed by atoms with Crippen LogP contribution in [0.3, 0.4) is 0 Å². The van der Waals surface area contributed by atoms with Gasteiger partial charge >= 0.3 is 0 Å². The van der Waals surface area contributed by atoms with E-state index in [9.17, 15) is 4.79 Å². The minimum atomic E-state index is 0.106. The fourth-order valence-corrected chi connectivity index (χ4v) is 2.23. The molecule has 1 aliphatic rings. The number of nitrogens with one attached hydrogen (secondary N) is 2. The number of carbonyl (C=O) groups excluding carboxylic acids is 1. The fraction of sp³-hybridized carbons (Fsp3) is 0.929. The highest BCUT2D eigenvalue weighted by atomic mass is 16.1. The Labute approximate surface area is 111 Å². The summed E-state index contributed by atoms with van der Waals surface area (Å²) in [6, 6.07) is 0.839. The summed E-state index contributed by atoms with van der Waals surface area (Å²) in [4.78, 5) is 14.1. The van der Waals surface area contributed by atoms with E-state index in [2.05, 4.69) is 43.4 Å². The molecular weight excluding hydrogens is 226 g/mol. The summed E-state index contributed by atoms with van der Waals surface area (Å²) in [6.45, 7) is 8.83. The van der Waals surface area contributed by atoms with Crippen molar-refractivity contribution in [2.24, 2.45) is 5.92 Å². The summed E-state index contributed by atoms with van der Waals surface area (Å²) >= 11 is 0. The maximum absolute atomic E-state index is 11.7. The van der Waals surface area contributed by atoms with Gasteiger partial charge in [-0.3, -0.25) is 4.79 Å². The smallest absolute Gasteiger partial charge is 0.234 e. The number of likely N-dealkylation sites (tertiary alicyclic amines) is 1. The van der Waals surface area contributed by atoms with Crippen LogP contribution in [-0.4, -0.2) is 49.6 Å². The molecule has 4 heteroatoms. The maximum atomic E-state index is 11.7. The minimum Gasteiger partial charge on any atom is -0.352 e. The third-order valence-corrected chi connectivity index (χ3v) is 3.98. The van der Waals surface area contributed by atoms with Crippen LogP contribution in [0.4, 0.5) is 0 Å². The molecule has 1 rings (SSSR count). The van der Waals surface area contributed by atoms with Crippen LogP contribution in [0.2, 0.25) is 0 Å². The van der Waals surface area contributed by atoms with Gasteiger partial charge in [-0.25, -0.2) is 0 Å². The molecule has 1 heterocycles. The molecule has 4 nitrogen and oxygen atoms in total. The number of rotatable bonds is 6. The van der Waals surface area contributed by atoms with Crippen molar-refractivity contribution in [2.45, 2.75) is 52.1 Å². The van der Waals surface area contributed by atoms with E-state index in [0.717, 1.165) is 6.54 Å². The van der Waals surface area contributed by atoms with E-state index in [0.29, 0.717) is 18.5 Å². The molecule has 2 N–H and O–H groups in total. The maximum Gasteiger partial charge on any atom is 0.234 e. The topological polar surface area (TPSA) is 44.4 Å². The lowest BCUT2D eigenvalue weighted by Gasteiger charge is -2.32. The zero-order valence-corrected chi connectivity index (χ0v) is 12.3. The molecule has 0 spiro atoms. The molecular formula is C14H29N3O. The lowest BCUT2D eigenvalue weighted by molar-refractivity contribution is -0.121. The zero-order valence-electron chi connectivity index (χ0n) is 12.3. The molecule has 0 radical (unpaired) electrons. The summed E-state index contributed by atoms with van der Waals surface area (Å²) in [5, 5.41) is 6.29. The third kappa shape index (κ3) is 5.36. The van der Waals surface area contributed by atoms with Crippen LogP contribution in [0.15, 0.2) is 0 Å². The summed E-state index contributed by atoms with van der Waals surface area (Å²) in [5.41, 5.74) is 0. The van der Waals surface area contributed by atoms with E-state index in [4.69, 9.17) is 0 Å². The van der Waals surface area contributed by atoms with Gasteiger partial charge in [0.05, 0.1) is 6.54 Å². The van der Waals surface area contributed by atoms with Crippen LogP contribution >= 0.6 is 0 Å². The van der Waals surface area contributed by atoms with Crippen molar-refractivity contribution >= 4 is 5.91 Å². The Hall–Kier alpha value is -0.610. The molecule has 2 atom stereocenters. The van der Waals surface area contributed by atoms with E-state index < -0.39 is 0 Å². The Kier molecular flexibility index (Phi) is 6.65. The lowest BCUT2D eigenvalue weighted by atomic mass is 10.0. The van der Waals surface area contributed by atoms with Crippen molar-refractivity contribution in [3.05, 3.63) is 0 Å². The van der Waals surface area contributed by atoms with E-state index in [1.54, 1.807) is 0 Å². The molecule has 106 valence electrons. The summed E-state index contributed by atoms with van der Waals surface area (Å²) < 4.78 is 0. The first-order valence-electron chi connectivity index (χ1n) is 7.21. The molecule has 0 aromatic carbocycles. The van der Waals surface area contributed by atoms with Crippen LogP contribution in [0.1, 0.15) is 40.0 Å². The Morgan fingerprint density at radius 1 is 1.33 bits per heavy atom. The molecule has 1 saturated heterocycles. The highest BCUT2D eigenvalue weighted by Crippen LogP contribution is 2.13. The van der Waals surface area contributed by atoms with Gasteiger partial charge in [0.25, 0.3) is 0 Å². The average Bonchev–Trinajstić information content (AvgIpc) is 2.31. The van der Waals surface area contributed by atoms with E-state index in [1.165, 1.54) is 25.8 Å². The Morgan fingerprint density at radius 3 is 2.67 bits per heavy atom. The van der Waals surface area contributed by atoms with Crippen molar-refractivity contribution in [1.82, 2.24) is 15.5 Å². The van der Waals surface area contributed by atoms with Crippen molar-refractivity contribution in [3.8, 4) is 0 Å². The van der Waals surface area contributed by atoms with Crippen LogP contribution in [0.25, 0.3) is 0 Å². The first-order valence-corrected chi connectivity index (χ1v) is 7.21. The van der Waals surface area contributed by atoms with Gasteiger partial charge in [-0.05, 0) is 39.3 Å². The normalized spacial score (nSPS) is 23.1. The molecule has 0 aromatic heterocycles. The van der Waals surface area contributed by atoms with E-state index >= 15 is 0 Å². The molecule has 1 amide bonds. The first-order chi connectivity index (χ1) is 8.50. The Morgan fingerprint density at radius 2 is 2.06 bits per heavy atom. The van der Waals surface area contributed by atoms with Gasteiger partial charge in [0.1, 0.15) is 0 Å². The van der Waals surface area contributed by atoms with Gasteiger partial charge < -0.3 is 15.5 Å². The van der Waals surface area contributed by atoms with Crippen molar-refractivity contribution < 1.29 is 4.79 Å². The molecule has 18 heavy (non-hydrogen) atoms. The van der Waals surface area contributed by atoms with Gasteiger partial charge in [0.2, 0.25) is 5.91 Å². The number of likely N-dealkylation sites (N-methyl/N-ethyl adjacent to an activating group) is 1. The second kappa shape index (κ2) is 7.74. The average molecular weight is 255 g/mol. The number of piperidine rings is 1. The van der Waals surface area contributed by atoms with E-state index in [1.807, 2.05) is 0 Å². The Balaban J connectivity index is 2.15. The fourth-order valence-electron chi connectivity index (χ4n) is 2.23. The number of amides is 1. The SMILES string of the molecule is CC(C)C(C)NC(=O)CNCC1CCCCN1C. The predicted molar refractivity (Wildman–Crippen MR) is 75.6 cm³/mol. The second-order valence-corrected chi connectivity index (χ2v) is 5.86. The molecule has 0 aliphatic carbocycles. The van der Waals surface area contributed by atoms with Gasteiger partial charge in [0.15, 0.2) is 0 Å². The minimum absolute atomic E-state index is 0.106. The zero-order chi connectivity index (χ0) is 13.5. The number of hydrogen-bond donors (Lipinski definition) is 2. The predicted octanol–water partition coefficient (Wildman–Crippen LogP) is 1.22. The monoisotopic (exact) mass is 255 g/mol. The quantitative estimate of drug-likeness (QED) is 0.750. The van der Waals surface area contributed by atoms with Crippen LogP contribution in [0.5, 0.6) is 0 Å². The standard InChI is InChI=1S/C14H29N3O/c1-11(2)12(3)16-14(18)10-15-9-13-7-5-6-8-17(13)4/h11-13,15H,5-10H2,1-4H3,(H,16,18). The van der Waals surface area contributed by atoms with Crippen molar-refractivity contribution in [2.75, 3.05) is 26.7 Å². The van der Waals surface area contributed by atoms with Gasteiger partial charge in [-0.2, -0.15) is 0 Å². The second-order valence-electron chi connectivity index (χ2n) is 5.86. The molecule has 0 bridgehead atoms. The number of carbonyl (C=O) groups is 1. The van der Waals surface area contributed by atoms with Gasteiger partial charge in [-0.15, -0.1) is 0 Å². The highest BCUT2D eigenvalue weighted by molar-refractivity contribution is 5.78.